The van der Waals surface area contributed by atoms with Gasteiger partial charge in [0, 0.05) is 12.1 Å². The summed E-state index contributed by atoms with van der Waals surface area (Å²) in [6.45, 7) is 7.18. The van der Waals surface area contributed by atoms with Gasteiger partial charge in [-0.3, -0.25) is 4.68 Å². The lowest BCUT2D eigenvalue weighted by molar-refractivity contribution is 0.486. The van der Waals surface area contributed by atoms with Crippen LogP contribution in [0, 0.1) is 12.8 Å². The van der Waals surface area contributed by atoms with Gasteiger partial charge in [0.05, 0.1) is 11.6 Å². The Hall–Kier alpha value is -0.210. The average molecular weight is 235 g/mol. The van der Waals surface area contributed by atoms with Crippen molar-refractivity contribution in [2.75, 3.05) is 0 Å². The summed E-state index contributed by atoms with van der Waals surface area (Å²) in [5.74, 6) is 1.10. The molecular weight excluding hydrogens is 219 g/mol. The molecule has 1 rings (SSSR count). The van der Waals surface area contributed by atoms with Crippen molar-refractivity contribution in [2.45, 2.75) is 39.6 Å². The molecule has 1 heterocycles. The Labute approximate surface area is 95.2 Å². The van der Waals surface area contributed by atoms with E-state index in [2.05, 4.69) is 18.9 Å². The molecule has 1 aromatic heterocycles. The van der Waals surface area contributed by atoms with E-state index < -0.39 is 0 Å². The molecule has 1 aromatic rings. The monoisotopic (exact) mass is 234 g/mol. The van der Waals surface area contributed by atoms with Gasteiger partial charge in [0.2, 0.25) is 0 Å². The molecule has 0 bridgehead atoms. The van der Waals surface area contributed by atoms with Crippen LogP contribution in [0.15, 0.2) is 0 Å². The molecule has 0 aromatic carbocycles. The number of rotatable bonds is 4. The van der Waals surface area contributed by atoms with Gasteiger partial charge in [0.15, 0.2) is 0 Å². The van der Waals surface area contributed by atoms with E-state index in [1.54, 1.807) is 0 Å². The van der Waals surface area contributed by atoms with Gasteiger partial charge < -0.3 is 0 Å². The van der Waals surface area contributed by atoms with E-state index in [1.807, 2.05) is 11.6 Å². The van der Waals surface area contributed by atoms with E-state index in [4.69, 9.17) is 23.2 Å². The lowest BCUT2D eigenvalue weighted by Crippen LogP contribution is -2.03. The quantitative estimate of drug-likeness (QED) is 0.728. The first-order valence-electron chi connectivity index (χ1n) is 4.84. The second kappa shape index (κ2) is 5.04. The molecule has 0 aliphatic heterocycles. The summed E-state index contributed by atoms with van der Waals surface area (Å²) in [5, 5.41) is 5.05. The van der Waals surface area contributed by atoms with Crippen LogP contribution in [0.1, 0.15) is 31.5 Å². The lowest BCUT2D eigenvalue weighted by atomic mass is 10.1. The second-order valence-electron chi connectivity index (χ2n) is 3.89. The predicted octanol–water partition coefficient (Wildman–Crippen LogP) is 3.63. The van der Waals surface area contributed by atoms with Crippen molar-refractivity contribution in [3.05, 3.63) is 16.4 Å². The zero-order chi connectivity index (χ0) is 10.7. The van der Waals surface area contributed by atoms with Crippen LogP contribution in [0.5, 0.6) is 0 Å². The van der Waals surface area contributed by atoms with Crippen LogP contribution in [0.4, 0.5) is 0 Å². The fraction of sp³-hybridized carbons (Fsp3) is 0.700. The number of aromatic nitrogens is 2. The van der Waals surface area contributed by atoms with E-state index in [0.717, 1.165) is 24.2 Å². The molecule has 0 aliphatic rings. The Balaban J connectivity index is 2.78. The normalized spacial score (nSPS) is 11.3. The first-order valence-corrected chi connectivity index (χ1v) is 5.75. The Morgan fingerprint density at radius 2 is 2.07 bits per heavy atom. The maximum absolute atomic E-state index is 6.13. The summed E-state index contributed by atoms with van der Waals surface area (Å²) < 4.78 is 1.84. The molecule has 0 aliphatic carbocycles. The van der Waals surface area contributed by atoms with Gasteiger partial charge >= 0.3 is 0 Å². The Bertz CT molecular complexity index is 305. The van der Waals surface area contributed by atoms with E-state index in [1.165, 1.54) is 0 Å². The SMILES string of the molecule is Cc1nn(CCC(C)C)c(Cl)c1CCl. The smallest absolute Gasteiger partial charge is 0.131 e. The van der Waals surface area contributed by atoms with Gasteiger partial charge in [-0.2, -0.15) is 5.10 Å². The molecule has 0 radical (unpaired) electrons. The summed E-state index contributed by atoms with van der Waals surface area (Å²) in [4.78, 5) is 0. The molecule has 0 saturated heterocycles. The Morgan fingerprint density at radius 1 is 1.43 bits per heavy atom. The number of nitrogens with zero attached hydrogens (tertiary/aromatic N) is 2. The van der Waals surface area contributed by atoms with Crippen molar-refractivity contribution in [1.82, 2.24) is 9.78 Å². The second-order valence-corrected chi connectivity index (χ2v) is 4.52. The molecule has 0 N–H and O–H groups in total. The van der Waals surface area contributed by atoms with Crippen LogP contribution >= 0.6 is 23.2 Å². The molecule has 0 spiro atoms. The Kier molecular flexibility index (Phi) is 4.27. The minimum atomic E-state index is 0.437. The number of hydrogen-bond donors (Lipinski definition) is 0. The number of halogens is 2. The topological polar surface area (TPSA) is 17.8 Å². The highest BCUT2D eigenvalue weighted by molar-refractivity contribution is 6.31. The molecule has 80 valence electrons. The largest absolute Gasteiger partial charge is 0.253 e. The van der Waals surface area contributed by atoms with Gasteiger partial charge in [-0.1, -0.05) is 25.4 Å². The van der Waals surface area contributed by atoms with E-state index in [9.17, 15) is 0 Å². The molecule has 0 unspecified atom stereocenters. The third kappa shape index (κ3) is 2.64. The van der Waals surface area contributed by atoms with Crippen molar-refractivity contribution >= 4 is 23.2 Å². The van der Waals surface area contributed by atoms with Crippen molar-refractivity contribution in [1.29, 1.82) is 0 Å². The first-order chi connectivity index (χ1) is 6.56. The highest BCUT2D eigenvalue weighted by Crippen LogP contribution is 2.22. The zero-order valence-electron chi connectivity index (χ0n) is 8.85. The average Bonchev–Trinajstić information content (AvgIpc) is 2.38. The van der Waals surface area contributed by atoms with Crippen LogP contribution in [0.2, 0.25) is 5.15 Å². The highest BCUT2D eigenvalue weighted by atomic mass is 35.5. The molecule has 2 nitrogen and oxygen atoms in total. The number of aryl methyl sites for hydroxylation is 2. The highest BCUT2D eigenvalue weighted by Gasteiger charge is 2.11. The van der Waals surface area contributed by atoms with Crippen molar-refractivity contribution < 1.29 is 0 Å². The molecule has 14 heavy (non-hydrogen) atoms. The van der Waals surface area contributed by atoms with Crippen LogP contribution in [-0.2, 0) is 12.4 Å². The van der Waals surface area contributed by atoms with Crippen LogP contribution < -0.4 is 0 Å². The summed E-state index contributed by atoms with van der Waals surface area (Å²) in [7, 11) is 0. The molecule has 4 heteroatoms. The Morgan fingerprint density at radius 3 is 2.50 bits per heavy atom. The zero-order valence-corrected chi connectivity index (χ0v) is 10.4. The standard InChI is InChI=1S/C10H16Cl2N2/c1-7(2)4-5-14-10(12)9(6-11)8(3)13-14/h7H,4-6H2,1-3H3. The predicted molar refractivity (Wildman–Crippen MR) is 61.0 cm³/mol. The van der Waals surface area contributed by atoms with Gasteiger partial charge in [0.1, 0.15) is 5.15 Å². The van der Waals surface area contributed by atoms with Gasteiger partial charge in [-0.05, 0) is 19.3 Å². The van der Waals surface area contributed by atoms with Crippen molar-refractivity contribution in [3.8, 4) is 0 Å². The first kappa shape index (κ1) is 11.9. The maximum atomic E-state index is 6.13. The summed E-state index contributed by atoms with van der Waals surface area (Å²) in [6, 6.07) is 0. The minimum Gasteiger partial charge on any atom is -0.253 e. The summed E-state index contributed by atoms with van der Waals surface area (Å²) in [6.07, 6.45) is 1.09. The van der Waals surface area contributed by atoms with Crippen molar-refractivity contribution in [3.63, 3.8) is 0 Å². The van der Waals surface area contributed by atoms with Crippen molar-refractivity contribution in [2.24, 2.45) is 5.92 Å². The lowest BCUT2D eigenvalue weighted by Gasteiger charge is -2.05. The third-order valence-electron chi connectivity index (χ3n) is 2.23. The fourth-order valence-electron chi connectivity index (χ4n) is 1.27. The summed E-state index contributed by atoms with van der Waals surface area (Å²) in [5.41, 5.74) is 1.89. The van der Waals surface area contributed by atoms with E-state index in [-0.39, 0.29) is 0 Å². The van der Waals surface area contributed by atoms with Crippen LogP contribution in [0.25, 0.3) is 0 Å². The van der Waals surface area contributed by atoms with E-state index in [0.29, 0.717) is 17.0 Å². The maximum Gasteiger partial charge on any atom is 0.131 e. The summed E-state index contributed by atoms with van der Waals surface area (Å²) >= 11 is 11.9. The fourth-order valence-corrected chi connectivity index (χ4v) is 1.99. The third-order valence-corrected chi connectivity index (χ3v) is 2.93. The van der Waals surface area contributed by atoms with Gasteiger partial charge in [-0.15, -0.1) is 11.6 Å². The van der Waals surface area contributed by atoms with Gasteiger partial charge in [0.25, 0.3) is 0 Å². The molecule has 0 fully saturated rings. The number of alkyl halides is 1. The van der Waals surface area contributed by atoms with E-state index >= 15 is 0 Å². The number of hydrogen-bond acceptors (Lipinski definition) is 1. The minimum absolute atomic E-state index is 0.437. The molecule has 0 amide bonds. The molecule has 0 atom stereocenters. The van der Waals surface area contributed by atoms with Crippen LogP contribution in [-0.4, -0.2) is 9.78 Å². The molecular formula is C10H16Cl2N2. The van der Waals surface area contributed by atoms with Gasteiger partial charge in [-0.25, -0.2) is 0 Å². The van der Waals surface area contributed by atoms with Crippen LogP contribution in [0.3, 0.4) is 0 Å². The molecule has 0 saturated carbocycles.